The fraction of sp³-hybridized carbons (Fsp3) is 0.800. The molecule has 2 saturated heterocycles. The number of hydrogen-bond donors (Lipinski definition) is 0. The van der Waals surface area contributed by atoms with Crippen LogP contribution in [0.4, 0.5) is 0 Å². The van der Waals surface area contributed by atoms with Gasteiger partial charge in [-0.25, -0.2) is 0 Å². The number of ether oxygens (including phenoxy) is 2. The summed E-state index contributed by atoms with van der Waals surface area (Å²) in [5.74, 6) is 1.61. The Kier molecular flexibility index (Phi) is 4.52. The predicted octanol–water partition coefficient (Wildman–Crippen LogP) is 2.14. The Balaban J connectivity index is 2.13. The molecule has 21 heavy (non-hydrogen) atoms. The predicted molar refractivity (Wildman–Crippen MR) is 79.7 cm³/mol. The zero-order valence-corrected chi connectivity index (χ0v) is 13.6. The van der Waals surface area contributed by atoms with Gasteiger partial charge in [-0.2, -0.15) is 0 Å². The van der Waals surface area contributed by atoms with Gasteiger partial charge in [0.15, 0.2) is 0 Å². The number of carbonyl (C=O) groups is 1. The van der Waals surface area contributed by atoms with E-state index in [9.17, 15) is 4.79 Å². The molecule has 0 bridgehead atoms. The van der Waals surface area contributed by atoms with Crippen LogP contribution in [-0.2, 0) is 23.6 Å². The van der Waals surface area contributed by atoms with Crippen LogP contribution >= 0.6 is 0 Å². The summed E-state index contributed by atoms with van der Waals surface area (Å²) >= 11 is 0. The molecule has 2 fully saturated rings. The molecule has 0 aromatic heterocycles. The van der Waals surface area contributed by atoms with Crippen molar-refractivity contribution in [1.29, 1.82) is 0 Å². The van der Waals surface area contributed by atoms with E-state index in [4.69, 9.17) is 18.8 Å². The summed E-state index contributed by atoms with van der Waals surface area (Å²) < 4.78 is 22.2. The molecule has 0 spiro atoms. The Hall–Kier alpha value is -0.845. The highest BCUT2D eigenvalue weighted by molar-refractivity contribution is 6.51. The van der Waals surface area contributed by atoms with E-state index in [0.717, 1.165) is 0 Å². The smallest absolute Gasteiger partial charge is 0.468 e. The number of methoxy groups -OCH3 is 1. The van der Waals surface area contributed by atoms with Crippen molar-refractivity contribution in [2.24, 2.45) is 5.41 Å². The average Bonchev–Trinajstić information content (AvgIpc) is 2.65. The van der Waals surface area contributed by atoms with E-state index < -0.39 is 12.5 Å². The molecule has 0 aliphatic carbocycles. The molecule has 0 radical (unpaired) electrons. The summed E-state index contributed by atoms with van der Waals surface area (Å²) in [7, 11) is 0.974. The van der Waals surface area contributed by atoms with E-state index in [1.165, 1.54) is 7.11 Å². The molecule has 5 nitrogen and oxygen atoms in total. The molecule has 0 aromatic carbocycles. The van der Waals surface area contributed by atoms with Gasteiger partial charge in [0.2, 0.25) is 0 Å². The monoisotopic (exact) mass is 296 g/mol. The third-order valence-electron chi connectivity index (χ3n) is 4.82. The summed E-state index contributed by atoms with van der Waals surface area (Å²) in [6.07, 6.45) is 3.12. The number of carbonyl (C=O) groups excluding carboxylic acids is 1. The molecule has 6 heteroatoms. The fourth-order valence-corrected chi connectivity index (χ4v) is 2.61. The lowest BCUT2D eigenvalue weighted by Crippen LogP contribution is -2.41. The van der Waals surface area contributed by atoms with Crippen molar-refractivity contribution in [1.82, 2.24) is 0 Å². The van der Waals surface area contributed by atoms with Crippen LogP contribution in [0, 0.1) is 5.41 Å². The lowest BCUT2D eigenvalue weighted by atomic mass is 9.76. The summed E-state index contributed by atoms with van der Waals surface area (Å²) in [5, 5.41) is 0. The molecule has 2 aliphatic heterocycles. The molecule has 0 saturated carbocycles. The molecule has 0 amide bonds. The first-order valence-electron chi connectivity index (χ1n) is 7.44. The highest BCUT2D eigenvalue weighted by Gasteiger charge is 2.50. The third-order valence-corrected chi connectivity index (χ3v) is 4.82. The molecule has 2 heterocycles. The summed E-state index contributed by atoms with van der Waals surface area (Å²) in [6.45, 7) is 9.14. The number of esters is 1. The second-order valence-corrected chi connectivity index (χ2v) is 6.74. The van der Waals surface area contributed by atoms with E-state index >= 15 is 0 Å². The Morgan fingerprint density at radius 1 is 1.10 bits per heavy atom. The van der Waals surface area contributed by atoms with Crippen molar-refractivity contribution >= 4 is 13.1 Å². The molecule has 118 valence electrons. The molecule has 2 aliphatic rings. The van der Waals surface area contributed by atoms with Gasteiger partial charge < -0.3 is 18.8 Å². The molecular formula is C15H25BO5. The summed E-state index contributed by atoms with van der Waals surface area (Å²) in [6, 6.07) is 0. The second-order valence-electron chi connectivity index (χ2n) is 6.74. The minimum absolute atomic E-state index is 0.224. The Morgan fingerprint density at radius 2 is 1.62 bits per heavy atom. The second kappa shape index (κ2) is 5.74. The van der Waals surface area contributed by atoms with Crippen molar-refractivity contribution in [3.8, 4) is 0 Å². The van der Waals surface area contributed by atoms with E-state index in [1.807, 2.05) is 39.7 Å². The van der Waals surface area contributed by atoms with Crippen molar-refractivity contribution < 1.29 is 23.6 Å². The Bertz CT molecular complexity index is 408. The molecule has 0 atom stereocenters. The average molecular weight is 296 g/mol. The number of hydrogen-bond acceptors (Lipinski definition) is 5. The van der Waals surface area contributed by atoms with Crippen molar-refractivity contribution in [2.45, 2.75) is 51.7 Å². The van der Waals surface area contributed by atoms with Gasteiger partial charge in [-0.15, -0.1) is 0 Å². The van der Waals surface area contributed by atoms with E-state index in [0.29, 0.717) is 26.1 Å². The van der Waals surface area contributed by atoms with Crippen LogP contribution in [0.15, 0.2) is 12.1 Å². The Labute approximate surface area is 127 Å². The van der Waals surface area contributed by atoms with Crippen LogP contribution in [0.5, 0.6) is 0 Å². The van der Waals surface area contributed by atoms with E-state index in [1.54, 1.807) is 0 Å². The molecule has 0 aromatic rings. The normalized spacial score (nSPS) is 27.0. The van der Waals surface area contributed by atoms with Crippen LogP contribution in [-0.4, -0.2) is 44.6 Å². The zero-order valence-electron chi connectivity index (χ0n) is 13.6. The van der Waals surface area contributed by atoms with E-state index in [-0.39, 0.29) is 17.2 Å². The maximum absolute atomic E-state index is 12.1. The Morgan fingerprint density at radius 3 is 2.10 bits per heavy atom. The minimum Gasteiger partial charge on any atom is -0.468 e. The quantitative estimate of drug-likeness (QED) is 0.590. The maximum Gasteiger partial charge on any atom is 0.486 e. The highest BCUT2D eigenvalue weighted by Crippen LogP contribution is 2.38. The van der Waals surface area contributed by atoms with Gasteiger partial charge in [-0.05, 0) is 40.5 Å². The molecular weight excluding hydrogens is 271 g/mol. The fourth-order valence-electron chi connectivity index (χ4n) is 2.61. The van der Waals surface area contributed by atoms with Gasteiger partial charge in [0.1, 0.15) is 0 Å². The van der Waals surface area contributed by atoms with Crippen LogP contribution in [0.25, 0.3) is 0 Å². The van der Waals surface area contributed by atoms with Gasteiger partial charge in [0, 0.05) is 13.2 Å². The zero-order chi connectivity index (χ0) is 15.7. The van der Waals surface area contributed by atoms with Gasteiger partial charge >= 0.3 is 13.1 Å². The minimum atomic E-state index is -0.628. The maximum atomic E-state index is 12.1. The van der Waals surface area contributed by atoms with Gasteiger partial charge in [0.05, 0.1) is 23.7 Å². The molecule has 2 rings (SSSR count). The first-order valence-corrected chi connectivity index (χ1v) is 7.44. The standard InChI is InChI=1S/C15H25BO5/c1-13(2)14(3,4)21-16(20-13)9-6-15(12(17)18-5)7-10-19-11-8-15/h6,9H,7-8,10-11H2,1-5H3. The van der Waals surface area contributed by atoms with Crippen molar-refractivity contribution in [3.05, 3.63) is 12.1 Å². The lowest BCUT2D eigenvalue weighted by molar-refractivity contribution is -0.154. The van der Waals surface area contributed by atoms with E-state index in [2.05, 4.69) is 0 Å². The largest absolute Gasteiger partial charge is 0.486 e. The third kappa shape index (κ3) is 3.17. The highest BCUT2D eigenvalue weighted by atomic mass is 16.7. The first kappa shape index (κ1) is 16.5. The van der Waals surface area contributed by atoms with Gasteiger partial charge in [-0.1, -0.05) is 12.1 Å². The topological polar surface area (TPSA) is 54.0 Å². The molecule has 0 unspecified atom stereocenters. The summed E-state index contributed by atoms with van der Waals surface area (Å²) in [4.78, 5) is 12.1. The van der Waals surface area contributed by atoms with Crippen LogP contribution in [0.3, 0.4) is 0 Å². The SMILES string of the molecule is COC(=O)C1(C=CB2OC(C)(C)C(C)(C)O2)CCOCC1. The van der Waals surface area contributed by atoms with Crippen molar-refractivity contribution in [2.75, 3.05) is 20.3 Å². The van der Waals surface area contributed by atoms with Gasteiger partial charge in [0.25, 0.3) is 0 Å². The van der Waals surface area contributed by atoms with Crippen LogP contribution in [0.1, 0.15) is 40.5 Å². The lowest BCUT2D eigenvalue weighted by Gasteiger charge is -2.32. The molecule has 0 N–H and O–H groups in total. The van der Waals surface area contributed by atoms with Crippen LogP contribution in [0.2, 0.25) is 0 Å². The van der Waals surface area contributed by atoms with Crippen LogP contribution < -0.4 is 0 Å². The van der Waals surface area contributed by atoms with Gasteiger partial charge in [-0.3, -0.25) is 4.79 Å². The summed E-state index contributed by atoms with van der Waals surface area (Å²) in [5.41, 5.74) is -1.39. The number of rotatable bonds is 3. The van der Waals surface area contributed by atoms with Crippen molar-refractivity contribution in [3.63, 3.8) is 0 Å². The first-order chi connectivity index (χ1) is 9.72.